The van der Waals surface area contributed by atoms with Gasteiger partial charge in [0.2, 0.25) is 0 Å². The zero-order chi connectivity index (χ0) is 20.5. The number of fused-ring (bicyclic) bond motifs is 3. The highest BCUT2D eigenvalue weighted by Gasteiger charge is 2.27. The van der Waals surface area contributed by atoms with Gasteiger partial charge in [-0.2, -0.15) is 11.8 Å². The van der Waals surface area contributed by atoms with Crippen LogP contribution in [-0.4, -0.2) is 58.7 Å². The second kappa shape index (κ2) is 8.75. The van der Waals surface area contributed by atoms with Crippen molar-refractivity contribution in [3.63, 3.8) is 0 Å². The highest BCUT2D eigenvalue weighted by atomic mass is 32.2. The van der Waals surface area contributed by atoms with Gasteiger partial charge < -0.3 is 9.88 Å². The van der Waals surface area contributed by atoms with E-state index in [1.54, 1.807) is 11.8 Å². The fraction of sp³-hybridized carbons (Fsp3) is 0.583. The topological polar surface area (TPSA) is 56.4 Å². The Bertz CT molecular complexity index is 986. The van der Waals surface area contributed by atoms with E-state index in [2.05, 4.69) is 9.88 Å². The van der Waals surface area contributed by atoms with Crippen LogP contribution >= 0.6 is 11.8 Å². The van der Waals surface area contributed by atoms with Crippen molar-refractivity contribution in [2.45, 2.75) is 56.7 Å². The molecule has 1 saturated heterocycles. The quantitative estimate of drug-likeness (QED) is 0.744. The van der Waals surface area contributed by atoms with Gasteiger partial charge in [0, 0.05) is 60.0 Å². The fourth-order valence-corrected chi connectivity index (χ4v) is 6.42. The summed E-state index contributed by atoms with van der Waals surface area (Å²) in [5.74, 6) is 1.93. The maximum absolute atomic E-state index is 13.2. The van der Waals surface area contributed by atoms with Crippen LogP contribution in [-0.2, 0) is 12.2 Å². The number of nitrogens with one attached hydrogen (secondary N) is 1. The third-order valence-electron chi connectivity index (χ3n) is 7.16. The number of hydrogen-bond donors (Lipinski definition) is 1. The van der Waals surface area contributed by atoms with Crippen molar-refractivity contribution >= 4 is 28.6 Å². The van der Waals surface area contributed by atoms with Crippen LogP contribution in [0, 0.1) is 0 Å². The molecule has 5 nitrogen and oxygen atoms in total. The van der Waals surface area contributed by atoms with Crippen LogP contribution in [0.4, 0.5) is 0 Å². The van der Waals surface area contributed by atoms with E-state index in [0.717, 1.165) is 71.7 Å². The number of aromatic nitrogens is 1. The monoisotopic (exact) mass is 425 g/mol. The lowest BCUT2D eigenvalue weighted by molar-refractivity contribution is 0.0551. The number of pyridine rings is 1. The SMILES string of the molecule is O=C(c1ccc2[nH]c(=O)c3c(c2c1)CCSC3)N1CCN(C2CCCCCC2)CC1. The van der Waals surface area contributed by atoms with E-state index in [4.69, 9.17) is 0 Å². The summed E-state index contributed by atoms with van der Waals surface area (Å²) in [5.41, 5.74) is 3.65. The molecule has 0 unspecified atom stereocenters. The van der Waals surface area contributed by atoms with Crippen LogP contribution < -0.4 is 5.56 Å². The second-order valence-corrected chi connectivity index (χ2v) is 10.1. The molecule has 5 rings (SSSR count). The molecule has 1 aromatic carbocycles. The molecule has 3 aliphatic rings. The lowest BCUT2D eigenvalue weighted by Crippen LogP contribution is -2.51. The van der Waals surface area contributed by atoms with Gasteiger partial charge in [-0.15, -0.1) is 0 Å². The van der Waals surface area contributed by atoms with Gasteiger partial charge in [0.1, 0.15) is 0 Å². The van der Waals surface area contributed by atoms with Crippen molar-refractivity contribution in [2.24, 2.45) is 0 Å². The van der Waals surface area contributed by atoms with Crippen molar-refractivity contribution < 1.29 is 4.79 Å². The van der Waals surface area contributed by atoms with Crippen molar-refractivity contribution in [3.8, 4) is 0 Å². The summed E-state index contributed by atoms with van der Waals surface area (Å²) in [6.45, 7) is 3.61. The summed E-state index contributed by atoms with van der Waals surface area (Å²) in [7, 11) is 0. The number of carbonyl (C=O) groups is 1. The molecule has 1 aromatic heterocycles. The van der Waals surface area contributed by atoms with Gasteiger partial charge in [-0.3, -0.25) is 14.5 Å². The fourth-order valence-electron chi connectivity index (χ4n) is 5.42. The molecule has 0 radical (unpaired) electrons. The van der Waals surface area contributed by atoms with Gasteiger partial charge in [0.05, 0.1) is 0 Å². The molecule has 30 heavy (non-hydrogen) atoms. The predicted octanol–water partition coefficient (Wildman–Crippen LogP) is 3.80. The number of carbonyl (C=O) groups excluding carboxylic acids is 1. The Morgan fingerprint density at radius 1 is 1.00 bits per heavy atom. The van der Waals surface area contributed by atoms with Gasteiger partial charge in [-0.05, 0) is 48.8 Å². The number of piperazine rings is 1. The average molecular weight is 426 g/mol. The van der Waals surface area contributed by atoms with Gasteiger partial charge in [-0.25, -0.2) is 0 Å². The predicted molar refractivity (Wildman–Crippen MR) is 123 cm³/mol. The maximum Gasteiger partial charge on any atom is 0.253 e. The molecule has 0 atom stereocenters. The smallest absolute Gasteiger partial charge is 0.253 e. The van der Waals surface area contributed by atoms with Crippen molar-refractivity contribution in [1.29, 1.82) is 0 Å². The highest BCUT2D eigenvalue weighted by molar-refractivity contribution is 7.98. The average Bonchev–Trinajstić information content (AvgIpc) is 3.08. The number of aromatic amines is 1. The van der Waals surface area contributed by atoms with Crippen LogP contribution in [0.1, 0.15) is 60.0 Å². The largest absolute Gasteiger partial charge is 0.336 e. The Labute approximate surface area is 182 Å². The molecule has 1 N–H and O–H groups in total. The Balaban J connectivity index is 1.33. The van der Waals surface area contributed by atoms with E-state index in [-0.39, 0.29) is 11.5 Å². The summed E-state index contributed by atoms with van der Waals surface area (Å²) in [6.07, 6.45) is 9.01. The first kappa shape index (κ1) is 20.1. The van der Waals surface area contributed by atoms with Gasteiger partial charge >= 0.3 is 0 Å². The zero-order valence-electron chi connectivity index (χ0n) is 17.6. The Morgan fingerprint density at radius 3 is 2.53 bits per heavy atom. The number of hydrogen-bond acceptors (Lipinski definition) is 4. The first-order chi connectivity index (χ1) is 14.7. The molecule has 2 aliphatic heterocycles. The van der Waals surface area contributed by atoms with Gasteiger partial charge in [0.25, 0.3) is 11.5 Å². The van der Waals surface area contributed by atoms with Crippen molar-refractivity contribution in [1.82, 2.24) is 14.8 Å². The molecule has 2 fully saturated rings. The Morgan fingerprint density at radius 2 is 1.77 bits per heavy atom. The number of rotatable bonds is 2. The van der Waals surface area contributed by atoms with Crippen molar-refractivity contribution in [3.05, 3.63) is 45.2 Å². The maximum atomic E-state index is 13.2. The van der Waals surface area contributed by atoms with Gasteiger partial charge in [0.15, 0.2) is 0 Å². The zero-order valence-corrected chi connectivity index (χ0v) is 18.4. The molecule has 2 aromatic rings. The van der Waals surface area contributed by atoms with Crippen LogP contribution in [0.2, 0.25) is 0 Å². The summed E-state index contributed by atoms with van der Waals surface area (Å²) in [6, 6.07) is 6.52. The van der Waals surface area contributed by atoms with E-state index in [1.165, 1.54) is 38.5 Å². The number of nitrogens with zero attached hydrogens (tertiary/aromatic N) is 2. The van der Waals surface area contributed by atoms with Crippen LogP contribution in [0.25, 0.3) is 10.9 Å². The summed E-state index contributed by atoms with van der Waals surface area (Å²) in [4.78, 5) is 33.3. The number of H-pyrrole nitrogens is 1. The molecule has 0 bridgehead atoms. The molecular formula is C24H31N3O2S. The molecule has 0 spiro atoms. The molecule has 1 aliphatic carbocycles. The van der Waals surface area contributed by atoms with Crippen LogP contribution in [0.15, 0.2) is 23.0 Å². The van der Waals surface area contributed by atoms with Gasteiger partial charge in [-0.1, -0.05) is 25.7 Å². The summed E-state index contributed by atoms with van der Waals surface area (Å²) < 4.78 is 0. The standard InChI is InChI=1S/C24H31N3O2S/c28-23-21-16-30-14-9-19(21)20-15-17(7-8-22(20)25-23)24(29)27-12-10-26(11-13-27)18-5-3-1-2-4-6-18/h7-8,15,18H,1-6,9-14,16H2,(H,25,28). The number of benzene rings is 1. The van der Waals surface area contributed by atoms with Crippen LogP contribution in [0.3, 0.4) is 0 Å². The number of amides is 1. The Hall–Kier alpha value is -1.79. The highest BCUT2D eigenvalue weighted by Crippen LogP contribution is 2.29. The minimum Gasteiger partial charge on any atom is -0.336 e. The third kappa shape index (κ3) is 3.92. The van der Waals surface area contributed by atoms with E-state index < -0.39 is 0 Å². The Kier molecular flexibility index (Phi) is 5.87. The molecule has 1 amide bonds. The van der Waals surface area contributed by atoms with E-state index in [0.29, 0.717) is 6.04 Å². The minimum atomic E-state index is 0.0263. The first-order valence-corrected chi connectivity index (χ1v) is 12.6. The van der Waals surface area contributed by atoms with E-state index in [1.807, 2.05) is 23.1 Å². The molecule has 160 valence electrons. The second-order valence-electron chi connectivity index (χ2n) is 8.95. The van der Waals surface area contributed by atoms with E-state index >= 15 is 0 Å². The lowest BCUT2D eigenvalue weighted by Gasteiger charge is -2.39. The van der Waals surface area contributed by atoms with E-state index in [9.17, 15) is 9.59 Å². The van der Waals surface area contributed by atoms with Crippen molar-refractivity contribution in [2.75, 3.05) is 31.9 Å². The van der Waals surface area contributed by atoms with Crippen LogP contribution in [0.5, 0.6) is 0 Å². The molecule has 1 saturated carbocycles. The third-order valence-corrected chi connectivity index (χ3v) is 8.15. The summed E-state index contributed by atoms with van der Waals surface area (Å²) >= 11 is 1.81. The normalized spacial score (nSPS) is 21.4. The number of aryl methyl sites for hydroxylation is 1. The molecular weight excluding hydrogens is 394 g/mol. The first-order valence-electron chi connectivity index (χ1n) is 11.5. The molecule has 3 heterocycles. The summed E-state index contributed by atoms with van der Waals surface area (Å²) in [5, 5.41) is 1.05. The number of thioether (sulfide) groups is 1. The minimum absolute atomic E-state index is 0.0263. The molecule has 6 heteroatoms. The lowest BCUT2D eigenvalue weighted by atomic mass is 9.99.